The molecule has 0 aliphatic heterocycles. The van der Waals surface area contributed by atoms with E-state index in [0.29, 0.717) is 0 Å². The minimum Gasteiger partial charge on any atom is -0.439 e. The van der Waals surface area contributed by atoms with E-state index in [-0.39, 0.29) is 36.9 Å². The van der Waals surface area contributed by atoms with Gasteiger partial charge in [-0.05, 0) is 0 Å². The van der Waals surface area contributed by atoms with Gasteiger partial charge in [-0.2, -0.15) is 0 Å². The van der Waals surface area contributed by atoms with Crippen LogP contribution >= 0.6 is 0 Å². The molecule has 0 saturated heterocycles. The molecule has 0 atom stereocenters. The Morgan fingerprint density at radius 2 is 1.33 bits per heavy atom. The first-order valence-corrected chi connectivity index (χ1v) is 1.55. The molecule has 1 N–H and O–H groups in total. The van der Waals surface area contributed by atoms with Gasteiger partial charge >= 0.3 is 0 Å². The molecular weight excluding hydrogens is 245 g/mol. The summed E-state index contributed by atoms with van der Waals surface area (Å²) in [5.41, 5.74) is 0. The Bertz CT molecular complexity index is 59.2. The predicted molar refractivity (Wildman–Crippen MR) is 11.4 cm³/mol. The van der Waals surface area contributed by atoms with Crippen LogP contribution in [0.1, 0.15) is 0 Å². The Hall–Kier alpha value is 1.07. The van der Waals surface area contributed by atoms with Crippen LogP contribution in [-0.4, -0.2) is 4.55 Å². The average Bonchev–Trinajstić information content (AvgIpc) is 0.811. The number of hydrogen-bond acceptors (Lipinski definition) is 3. The van der Waals surface area contributed by atoms with Crippen LogP contribution in [0.4, 0.5) is 0 Å². The van der Waals surface area contributed by atoms with Crippen molar-refractivity contribution in [2.45, 2.75) is 0 Å². The zero-order chi connectivity index (χ0) is 3.58. The van der Waals surface area contributed by atoms with Crippen molar-refractivity contribution >= 4 is 11.0 Å². The largest absolute Gasteiger partial charge is 0.439 e. The molecule has 0 aromatic heterocycles. The van der Waals surface area contributed by atoms with Crippen LogP contribution in [0.15, 0.2) is 0 Å². The van der Waals surface area contributed by atoms with Gasteiger partial charge in [0, 0.05) is 47.9 Å². The third kappa shape index (κ3) is 73.7. The first-order valence-electron chi connectivity index (χ1n) is 0.516. The van der Waals surface area contributed by atoms with Crippen LogP contribution in [0.5, 0.6) is 0 Å². The van der Waals surface area contributed by atoms with Gasteiger partial charge in [-0.25, -0.2) is 0 Å². The van der Waals surface area contributed by atoms with Gasteiger partial charge in [-0.15, -0.1) is 0 Å². The van der Waals surface area contributed by atoms with E-state index >= 15 is 0 Å². The molecule has 0 radical (unpaired) electrons. The smallest absolute Gasteiger partial charge is 0.0495 e. The van der Waals surface area contributed by atoms with Gasteiger partial charge in [-0.3, -0.25) is 0 Å². The van der Waals surface area contributed by atoms with Crippen LogP contribution in [-0.2, 0) is 56.3 Å². The Balaban J connectivity index is -0.0000000450. The quantitative estimate of drug-likeness (QED) is 0.278. The molecule has 0 spiro atoms. The van der Waals surface area contributed by atoms with Crippen LogP contribution in [0.2, 0.25) is 0 Å². The minimum atomic E-state index is -2.86. The van der Waals surface area contributed by atoms with Crippen molar-refractivity contribution in [2.24, 2.45) is 0 Å². The minimum absolute atomic E-state index is 0. The summed E-state index contributed by atoms with van der Waals surface area (Å²) in [5.74, 6) is 0. The Kier molecular flexibility index (Phi) is 24.7. The summed E-state index contributed by atoms with van der Waals surface area (Å²) < 4.78 is 24.1. The van der Waals surface area contributed by atoms with Crippen molar-refractivity contribution in [1.82, 2.24) is 0 Å². The van der Waals surface area contributed by atoms with Crippen molar-refractivity contribution in [1.29, 1.82) is 0 Å². The Morgan fingerprint density at radius 1 is 1.33 bits per heavy atom. The fourth-order valence-electron chi connectivity index (χ4n) is 0. The standard InChI is InChI=1S/Ni.HO3S.Pd/c;1-4(2)3;/h;(H,1,2,3);/q;-1;. The van der Waals surface area contributed by atoms with Crippen molar-refractivity contribution in [3.63, 3.8) is 0 Å². The van der Waals surface area contributed by atoms with Crippen LogP contribution in [0.25, 0.3) is 0 Å². The van der Waals surface area contributed by atoms with E-state index in [1.807, 2.05) is 0 Å². The summed E-state index contributed by atoms with van der Waals surface area (Å²) in [4.78, 5) is 0. The average molecular weight is 246 g/mol. The normalized spacial score (nSPS) is 5.67. The van der Waals surface area contributed by atoms with E-state index in [0.717, 1.165) is 0 Å². The van der Waals surface area contributed by atoms with Crippen molar-refractivity contribution in [3.05, 3.63) is 0 Å². The third-order valence-corrected chi connectivity index (χ3v) is 0. The summed E-state index contributed by atoms with van der Waals surface area (Å²) in [6.45, 7) is 0. The van der Waals surface area contributed by atoms with Crippen LogP contribution in [0.3, 0.4) is 0 Å². The second-order valence-electron chi connectivity index (χ2n) is 0.217. The molecule has 0 aromatic carbocycles. The molecule has 0 aliphatic carbocycles. The maximum Gasteiger partial charge on any atom is 0.0495 e. The Labute approximate surface area is 60.9 Å². The molecular formula is HNiO3PdS-. The second kappa shape index (κ2) is 9.42. The summed E-state index contributed by atoms with van der Waals surface area (Å²) in [5, 5.41) is 0. The molecule has 0 heterocycles. The monoisotopic (exact) mass is 245 g/mol. The van der Waals surface area contributed by atoms with Gasteiger partial charge in [-0.1, -0.05) is 0 Å². The maximum atomic E-state index is 8.56. The molecule has 0 unspecified atom stereocenters. The summed E-state index contributed by atoms with van der Waals surface area (Å²) in [7, 11) is -2.86. The molecule has 0 aliphatic rings. The molecule has 0 bridgehead atoms. The number of rotatable bonds is 0. The zero-order valence-corrected chi connectivity index (χ0v) is 5.66. The van der Waals surface area contributed by atoms with Gasteiger partial charge in [0.25, 0.3) is 0 Å². The van der Waals surface area contributed by atoms with E-state index in [9.17, 15) is 0 Å². The third-order valence-electron chi connectivity index (χ3n) is 0. The van der Waals surface area contributed by atoms with E-state index < -0.39 is 11.0 Å². The van der Waals surface area contributed by atoms with E-state index in [2.05, 4.69) is 0 Å². The molecule has 0 saturated carbocycles. The molecule has 0 aromatic rings. The van der Waals surface area contributed by atoms with Gasteiger partial charge in [0.15, 0.2) is 0 Å². The van der Waals surface area contributed by atoms with E-state index in [1.165, 1.54) is 0 Å². The second-order valence-corrected chi connectivity index (χ2v) is 0.651. The number of hydrogen-bond donors (Lipinski definition) is 1. The SMILES string of the molecule is O=[S-](=O)O.[Ni].[Pd]. The fourth-order valence-corrected chi connectivity index (χ4v) is 0. The van der Waals surface area contributed by atoms with Crippen LogP contribution in [0, 0.1) is 0 Å². The molecule has 0 fully saturated rings. The van der Waals surface area contributed by atoms with Gasteiger partial charge in [0.05, 0.1) is 0 Å². The van der Waals surface area contributed by atoms with Crippen molar-refractivity contribution < 1.29 is 49.9 Å². The van der Waals surface area contributed by atoms with Crippen LogP contribution < -0.4 is 0 Å². The van der Waals surface area contributed by atoms with Gasteiger partial charge in [0.2, 0.25) is 0 Å². The maximum absolute atomic E-state index is 8.56. The van der Waals surface area contributed by atoms with Crippen molar-refractivity contribution in [2.75, 3.05) is 0 Å². The topological polar surface area (TPSA) is 54.4 Å². The van der Waals surface area contributed by atoms with Gasteiger partial charge in [0.1, 0.15) is 0 Å². The zero-order valence-electron chi connectivity index (χ0n) is 2.30. The molecule has 6 heavy (non-hydrogen) atoms. The van der Waals surface area contributed by atoms with E-state index in [4.69, 9.17) is 13.0 Å². The molecule has 46 valence electrons. The Morgan fingerprint density at radius 3 is 1.33 bits per heavy atom. The molecule has 0 rings (SSSR count). The molecule has 6 heteroatoms. The fraction of sp³-hybridized carbons (Fsp3) is 0. The first-order chi connectivity index (χ1) is 1.73. The summed E-state index contributed by atoms with van der Waals surface area (Å²) in [6, 6.07) is 0. The molecule has 0 amide bonds. The summed E-state index contributed by atoms with van der Waals surface area (Å²) in [6.07, 6.45) is 0. The van der Waals surface area contributed by atoms with Gasteiger partial charge < -0.3 is 13.0 Å². The predicted octanol–water partition coefficient (Wildman–Crippen LogP) is -0.236. The van der Waals surface area contributed by atoms with E-state index in [1.54, 1.807) is 0 Å². The van der Waals surface area contributed by atoms with Crippen molar-refractivity contribution in [3.8, 4) is 0 Å². The first kappa shape index (κ1) is 15.7. The summed E-state index contributed by atoms with van der Waals surface area (Å²) >= 11 is 0. The molecule has 3 nitrogen and oxygen atoms in total.